The van der Waals surface area contributed by atoms with E-state index in [9.17, 15) is 22.8 Å². The molecule has 0 aliphatic heterocycles. The van der Waals surface area contributed by atoms with Crippen molar-refractivity contribution in [2.75, 3.05) is 28.8 Å². The van der Waals surface area contributed by atoms with Gasteiger partial charge in [-0.15, -0.1) is 0 Å². The van der Waals surface area contributed by atoms with Crippen LogP contribution in [0.25, 0.3) is 22.4 Å². The Morgan fingerprint density at radius 2 is 1.17 bits per heavy atom. The van der Waals surface area contributed by atoms with Gasteiger partial charge < -0.3 is 26.4 Å². The molecule has 0 atom stereocenters. The Kier molecular flexibility index (Phi) is 8.66. The lowest BCUT2D eigenvalue weighted by Crippen LogP contribution is -2.08. The molecule has 0 saturated carbocycles. The minimum atomic E-state index is -0.896. The molecule has 0 radical (unpaired) electrons. The van der Waals surface area contributed by atoms with E-state index in [0.717, 1.165) is 29.8 Å². The van der Waals surface area contributed by atoms with E-state index in [1.54, 1.807) is 49.6 Å². The van der Waals surface area contributed by atoms with Gasteiger partial charge in [0.1, 0.15) is 46.5 Å². The third kappa shape index (κ3) is 6.90. The van der Waals surface area contributed by atoms with Crippen LogP contribution in [0.1, 0.15) is 5.56 Å². The lowest BCUT2D eigenvalue weighted by Gasteiger charge is -2.13. The number of anilines is 7. The summed E-state index contributed by atoms with van der Waals surface area (Å²) in [4.78, 5) is 17.1. The predicted octanol–water partition coefficient (Wildman–Crippen LogP) is 7.85. The van der Waals surface area contributed by atoms with Crippen LogP contribution in [0, 0.1) is 34.6 Å². The molecule has 238 valence electrons. The summed E-state index contributed by atoms with van der Waals surface area (Å²) in [6.07, 6.45) is 0. The maximum Gasteiger partial charge on any atom is 0.233 e. The zero-order chi connectivity index (χ0) is 33.8. The number of nitrogen functional groups attached to an aromatic ring is 1. The first-order valence-corrected chi connectivity index (χ1v) is 14.1. The molecular weight excluding hydrogens is 626 g/mol. The Hall–Kier alpha value is -6.75. The van der Waals surface area contributed by atoms with Crippen LogP contribution in [-0.2, 0) is 0 Å². The van der Waals surface area contributed by atoms with Crippen molar-refractivity contribution < 1.29 is 22.3 Å². The summed E-state index contributed by atoms with van der Waals surface area (Å²) in [6, 6.07) is 23.8. The topological polar surface area (TPSA) is 147 Å². The number of methoxy groups -OCH3 is 1. The number of nitrogens with zero attached hydrogens (tertiary/aromatic N) is 5. The van der Waals surface area contributed by atoms with E-state index in [1.165, 1.54) is 0 Å². The number of ether oxygens (including phenoxy) is 1. The maximum atomic E-state index is 14.4. The fourth-order valence-electron chi connectivity index (χ4n) is 4.65. The van der Waals surface area contributed by atoms with Gasteiger partial charge in [-0.05, 0) is 60.2 Å². The molecule has 6 aromatic rings. The summed E-state index contributed by atoms with van der Waals surface area (Å²) in [7, 11) is 1.56. The maximum absolute atomic E-state index is 14.4. The monoisotopic (exact) mass is 649 g/mol. The van der Waals surface area contributed by atoms with Crippen LogP contribution in [0.4, 0.5) is 58.3 Å². The summed E-state index contributed by atoms with van der Waals surface area (Å²) in [5, 5.41) is 18.1. The van der Waals surface area contributed by atoms with Crippen LogP contribution in [0.3, 0.4) is 0 Å². The first-order chi connectivity index (χ1) is 23.2. The van der Waals surface area contributed by atoms with Gasteiger partial charge in [0.25, 0.3) is 0 Å². The third-order valence-corrected chi connectivity index (χ3v) is 6.99. The van der Waals surface area contributed by atoms with E-state index in [1.807, 2.05) is 12.1 Å². The number of rotatable bonds is 9. The number of benzene rings is 4. The highest BCUT2D eigenvalue weighted by molar-refractivity contribution is 5.80. The molecule has 6 rings (SSSR count). The molecule has 4 aromatic carbocycles. The van der Waals surface area contributed by atoms with Crippen molar-refractivity contribution in [2.45, 2.75) is 0 Å². The van der Waals surface area contributed by atoms with E-state index in [0.29, 0.717) is 40.4 Å². The van der Waals surface area contributed by atoms with E-state index in [-0.39, 0.29) is 40.6 Å². The van der Waals surface area contributed by atoms with Crippen LogP contribution in [0.5, 0.6) is 5.75 Å². The molecule has 0 saturated heterocycles. The predicted molar refractivity (Wildman–Crippen MR) is 173 cm³/mol. The Bertz CT molecular complexity index is 2100. The lowest BCUT2D eigenvalue weighted by atomic mass is 9.98. The molecule has 0 spiro atoms. The molecule has 14 heteroatoms. The summed E-state index contributed by atoms with van der Waals surface area (Å²) < 4.78 is 60.9. The normalized spacial score (nSPS) is 10.7. The fourth-order valence-corrected chi connectivity index (χ4v) is 4.65. The Morgan fingerprint density at radius 3 is 1.67 bits per heavy atom. The molecule has 0 bridgehead atoms. The van der Waals surface area contributed by atoms with Crippen molar-refractivity contribution in [3.63, 3.8) is 0 Å². The highest BCUT2D eigenvalue weighted by Crippen LogP contribution is 2.33. The summed E-state index contributed by atoms with van der Waals surface area (Å²) in [5.41, 5.74) is 9.25. The number of aromatic nitrogens is 4. The van der Waals surface area contributed by atoms with E-state index in [4.69, 9.17) is 10.5 Å². The van der Waals surface area contributed by atoms with Crippen molar-refractivity contribution >= 4 is 40.7 Å². The number of nitrogens with two attached hydrogens (primary N) is 1. The summed E-state index contributed by atoms with van der Waals surface area (Å²) >= 11 is 0. The molecule has 2 aromatic heterocycles. The second-order valence-corrected chi connectivity index (χ2v) is 10.2. The van der Waals surface area contributed by atoms with Crippen molar-refractivity contribution in [3.8, 4) is 34.2 Å². The van der Waals surface area contributed by atoms with Crippen molar-refractivity contribution in [1.82, 2.24) is 19.9 Å². The number of halogens is 4. The average molecular weight is 650 g/mol. The van der Waals surface area contributed by atoms with Gasteiger partial charge in [0.05, 0.1) is 24.2 Å². The Balaban J connectivity index is 1.30. The average Bonchev–Trinajstić information content (AvgIpc) is 3.07. The van der Waals surface area contributed by atoms with Crippen molar-refractivity contribution in [2.24, 2.45) is 0 Å². The van der Waals surface area contributed by atoms with Gasteiger partial charge in [0, 0.05) is 28.9 Å². The SMILES string of the molecule is COc1ccc(-c2cc(-c3ccc(Nc4nc(Nc5ccc(F)cc5F)nc(Nc5ccc(F)cc5F)n4)cc3)nc(N)c2C#N)cc1. The van der Waals surface area contributed by atoms with Gasteiger partial charge in [0.2, 0.25) is 17.8 Å². The van der Waals surface area contributed by atoms with Crippen LogP contribution >= 0.6 is 0 Å². The second kappa shape index (κ2) is 13.3. The summed E-state index contributed by atoms with van der Waals surface area (Å²) in [5.74, 6) is -2.96. The largest absolute Gasteiger partial charge is 0.497 e. The third-order valence-electron chi connectivity index (χ3n) is 6.99. The first kappa shape index (κ1) is 31.2. The molecule has 48 heavy (non-hydrogen) atoms. The fraction of sp³-hybridized carbons (Fsp3) is 0.0294. The molecule has 2 heterocycles. The number of hydrogen-bond acceptors (Lipinski definition) is 10. The molecular formula is C34H23F4N9O. The molecule has 0 aliphatic carbocycles. The van der Waals surface area contributed by atoms with Gasteiger partial charge >= 0.3 is 0 Å². The molecule has 0 aliphatic rings. The number of hydrogen-bond donors (Lipinski definition) is 4. The quantitative estimate of drug-likeness (QED) is 0.114. The van der Waals surface area contributed by atoms with Gasteiger partial charge in [0.15, 0.2) is 0 Å². The molecule has 5 N–H and O–H groups in total. The summed E-state index contributed by atoms with van der Waals surface area (Å²) in [6.45, 7) is 0. The molecule has 0 amide bonds. The van der Waals surface area contributed by atoms with Crippen molar-refractivity contribution in [3.05, 3.63) is 120 Å². The van der Waals surface area contributed by atoms with E-state index < -0.39 is 23.3 Å². The van der Waals surface area contributed by atoms with E-state index >= 15 is 0 Å². The standard InChI is InChI=1S/C34H23F4N9O/c1-48-23-10-4-18(5-11-23)24-16-30(42-31(40)25(24)17-39)19-2-8-22(9-3-19)41-32-45-33(43-28-12-6-20(35)14-26(28)37)47-34(46-32)44-29-13-7-21(36)15-27(29)38/h2-16H,1H3,(H2,40,42)(H3,41,43,44,45,46,47). The minimum absolute atomic E-state index is 0.0321. The van der Waals surface area contributed by atoms with Crippen LogP contribution in [0.15, 0.2) is 91.0 Å². The highest BCUT2D eigenvalue weighted by atomic mass is 19.1. The minimum Gasteiger partial charge on any atom is -0.497 e. The highest BCUT2D eigenvalue weighted by Gasteiger charge is 2.15. The van der Waals surface area contributed by atoms with Gasteiger partial charge in [-0.2, -0.15) is 20.2 Å². The molecule has 10 nitrogen and oxygen atoms in total. The van der Waals surface area contributed by atoms with Crippen molar-refractivity contribution in [1.29, 1.82) is 5.26 Å². The number of nitriles is 1. The number of nitrogens with one attached hydrogen (secondary N) is 3. The number of pyridine rings is 1. The van der Waals surface area contributed by atoms with Crippen LogP contribution in [0.2, 0.25) is 0 Å². The Labute approximate surface area is 270 Å². The smallest absolute Gasteiger partial charge is 0.233 e. The second-order valence-electron chi connectivity index (χ2n) is 10.2. The first-order valence-electron chi connectivity index (χ1n) is 14.1. The van der Waals surface area contributed by atoms with Gasteiger partial charge in [-0.3, -0.25) is 0 Å². The van der Waals surface area contributed by atoms with E-state index in [2.05, 4.69) is 42.0 Å². The van der Waals surface area contributed by atoms with Gasteiger partial charge in [-0.25, -0.2) is 22.5 Å². The van der Waals surface area contributed by atoms with Gasteiger partial charge in [-0.1, -0.05) is 24.3 Å². The van der Waals surface area contributed by atoms with Crippen LogP contribution in [-0.4, -0.2) is 27.0 Å². The zero-order valence-corrected chi connectivity index (χ0v) is 24.9. The lowest BCUT2D eigenvalue weighted by molar-refractivity contribution is 0.415. The zero-order valence-electron chi connectivity index (χ0n) is 24.9. The molecule has 0 unspecified atom stereocenters. The molecule has 0 fully saturated rings. The van der Waals surface area contributed by atoms with Crippen LogP contribution < -0.4 is 26.4 Å². The Morgan fingerprint density at radius 1 is 0.646 bits per heavy atom.